The SMILES string of the molecule is C[C@@H](NCCCOCC(F)(F)F)c1cccs1. The van der Waals surface area contributed by atoms with Crippen LogP contribution in [0.4, 0.5) is 13.2 Å². The Balaban J connectivity index is 2.01. The summed E-state index contributed by atoms with van der Waals surface area (Å²) < 4.78 is 39.7. The third-order valence-corrected chi connectivity index (χ3v) is 3.21. The molecule has 1 rings (SSSR count). The van der Waals surface area contributed by atoms with E-state index in [1.807, 2.05) is 24.4 Å². The fourth-order valence-corrected chi connectivity index (χ4v) is 2.08. The molecule has 0 unspecified atom stereocenters. The Bertz CT molecular complexity index is 300. The first-order chi connectivity index (χ1) is 7.99. The zero-order chi connectivity index (χ0) is 12.7. The highest BCUT2D eigenvalue weighted by atomic mass is 32.1. The number of hydrogen-bond acceptors (Lipinski definition) is 3. The lowest BCUT2D eigenvalue weighted by Gasteiger charge is -2.12. The van der Waals surface area contributed by atoms with Gasteiger partial charge in [0.15, 0.2) is 0 Å². The average Bonchev–Trinajstić information content (AvgIpc) is 2.74. The fourth-order valence-electron chi connectivity index (χ4n) is 1.32. The molecule has 0 aromatic carbocycles. The van der Waals surface area contributed by atoms with Crippen molar-refractivity contribution in [3.05, 3.63) is 22.4 Å². The maximum atomic E-state index is 11.7. The molecular formula is C11H16F3NOS. The van der Waals surface area contributed by atoms with Gasteiger partial charge in [-0.05, 0) is 31.3 Å². The molecular weight excluding hydrogens is 251 g/mol. The standard InChI is InChI=1S/C11H16F3NOS/c1-9(10-4-2-7-17-10)15-5-3-6-16-8-11(12,13)14/h2,4,7,9,15H,3,5-6,8H2,1H3/t9-/m1/s1. The predicted molar refractivity (Wildman–Crippen MR) is 62.2 cm³/mol. The van der Waals surface area contributed by atoms with Crippen LogP contribution in [0.3, 0.4) is 0 Å². The summed E-state index contributed by atoms with van der Waals surface area (Å²) in [5.41, 5.74) is 0. The van der Waals surface area contributed by atoms with Crippen molar-refractivity contribution in [2.75, 3.05) is 19.8 Å². The molecule has 2 nitrogen and oxygen atoms in total. The number of rotatable bonds is 7. The van der Waals surface area contributed by atoms with E-state index < -0.39 is 12.8 Å². The van der Waals surface area contributed by atoms with E-state index in [0.717, 1.165) is 0 Å². The van der Waals surface area contributed by atoms with Gasteiger partial charge in [-0.15, -0.1) is 11.3 Å². The third-order valence-electron chi connectivity index (χ3n) is 2.15. The third kappa shape index (κ3) is 6.65. The van der Waals surface area contributed by atoms with E-state index in [2.05, 4.69) is 10.1 Å². The summed E-state index contributed by atoms with van der Waals surface area (Å²) in [6.45, 7) is 1.65. The molecule has 0 saturated heterocycles. The second-order valence-electron chi connectivity index (χ2n) is 3.71. The van der Waals surface area contributed by atoms with Crippen LogP contribution in [0.1, 0.15) is 24.3 Å². The van der Waals surface area contributed by atoms with Crippen LogP contribution in [0.15, 0.2) is 17.5 Å². The molecule has 6 heteroatoms. The number of nitrogens with one attached hydrogen (secondary N) is 1. The van der Waals surface area contributed by atoms with Crippen molar-refractivity contribution in [3.63, 3.8) is 0 Å². The lowest BCUT2D eigenvalue weighted by atomic mass is 10.2. The first kappa shape index (κ1) is 14.5. The van der Waals surface area contributed by atoms with Gasteiger partial charge >= 0.3 is 6.18 Å². The van der Waals surface area contributed by atoms with Crippen LogP contribution in [-0.4, -0.2) is 25.9 Å². The normalized spacial score (nSPS) is 13.9. The molecule has 0 bridgehead atoms. The molecule has 17 heavy (non-hydrogen) atoms. The Morgan fingerprint density at radius 3 is 2.82 bits per heavy atom. The van der Waals surface area contributed by atoms with Crippen LogP contribution in [0.2, 0.25) is 0 Å². The van der Waals surface area contributed by atoms with E-state index in [1.54, 1.807) is 11.3 Å². The highest BCUT2D eigenvalue weighted by Crippen LogP contribution is 2.18. The van der Waals surface area contributed by atoms with Crippen LogP contribution < -0.4 is 5.32 Å². The van der Waals surface area contributed by atoms with Crippen molar-refractivity contribution < 1.29 is 17.9 Å². The Kier molecular flexibility index (Phi) is 5.94. The van der Waals surface area contributed by atoms with Crippen molar-refractivity contribution in [2.24, 2.45) is 0 Å². The van der Waals surface area contributed by atoms with E-state index in [0.29, 0.717) is 13.0 Å². The minimum Gasteiger partial charge on any atom is -0.372 e. The van der Waals surface area contributed by atoms with Gasteiger partial charge in [-0.1, -0.05) is 6.07 Å². The number of halogens is 3. The van der Waals surface area contributed by atoms with Crippen LogP contribution in [0.5, 0.6) is 0 Å². The van der Waals surface area contributed by atoms with Gasteiger partial charge < -0.3 is 10.1 Å². The molecule has 1 aromatic heterocycles. The van der Waals surface area contributed by atoms with Gasteiger partial charge in [-0.25, -0.2) is 0 Å². The average molecular weight is 267 g/mol. The molecule has 0 aliphatic heterocycles. The summed E-state index contributed by atoms with van der Waals surface area (Å²) in [7, 11) is 0. The minimum absolute atomic E-state index is 0.129. The zero-order valence-corrected chi connectivity index (χ0v) is 10.4. The highest BCUT2D eigenvalue weighted by molar-refractivity contribution is 7.10. The van der Waals surface area contributed by atoms with Crippen LogP contribution in [-0.2, 0) is 4.74 Å². The Morgan fingerprint density at radius 2 is 2.24 bits per heavy atom. The van der Waals surface area contributed by atoms with Crippen molar-refractivity contribution >= 4 is 11.3 Å². The molecule has 0 radical (unpaired) electrons. The summed E-state index contributed by atoms with van der Waals surface area (Å²) in [5.74, 6) is 0. The summed E-state index contributed by atoms with van der Waals surface area (Å²) in [4.78, 5) is 1.22. The van der Waals surface area contributed by atoms with E-state index in [1.165, 1.54) is 4.88 Å². The molecule has 0 fully saturated rings. The largest absolute Gasteiger partial charge is 0.411 e. The number of hydrogen-bond donors (Lipinski definition) is 1. The fraction of sp³-hybridized carbons (Fsp3) is 0.636. The lowest BCUT2D eigenvalue weighted by molar-refractivity contribution is -0.173. The Hall–Kier alpha value is -0.590. The molecule has 0 aliphatic carbocycles. The quantitative estimate of drug-likeness (QED) is 0.765. The maximum Gasteiger partial charge on any atom is 0.411 e. The van der Waals surface area contributed by atoms with E-state index in [4.69, 9.17) is 0 Å². The van der Waals surface area contributed by atoms with E-state index >= 15 is 0 Å². The maximum absolute atomic E-state index is 11.7. The second kappa shape index (κ2) is 6.98. The van der Waals surface area contributed by atoms with Gasteiger partial charge in [0.05, 0.1) is 0 Å². The number of alkyl halides is 3. The van der Waals surface area contributed by atoms with Crippen LogP contribution >= 0.6 is 11.3 Å². The summed E-state index contributed by atoms with van der Waals surface area (Å²) >= 11 is 1.66. The van der Waals surface area contributed by atoms with Crippen molar-refractivity contribution in [3.8, 4) is 0 Å². The van der Waals surface area contributed by atoms with Crippen LogP contribution in [0.25, 0.3) is 0 Å². The van der Waals surface area contributed by atoms with Crippen molar-refractivity contribution in [1.29, 1.82) is 0 Å². The van der Waals surface area contributed by atoms with Gasteiger partial charge in [-0.2, -0.15) is 13.2 Å². The lowest BCUT2D eigenvalue weighted by Crippen LogP contribution is -2.22. The Morgan fingerprint density at radius 1 is 1.47 bits per heavy atom. The van der Waals surface area contributed by atoms with Gasteiger partial charge in [0, 0.05) is 17.5 Å². The highest BCUT2D eigenvalue weighted by Gasteiger charge is 2.27. The summed E-state index contributed by atoms with van der Waals surface area (Å²) in [6.07, 6.45) is -3.65. The van der Waals surface area contributed by atoms with Gasteiger partial charge in [-0.3, -0.25) is 0 Å². The molecule has 1 atom stereocenters. The van der Waals surface area contributed by atoms with Crippen molar-refractivity contribution in [2.45, 2.75) is 25.6 Å². The van der Waals surface area contributed by atoms with Gasteiger partial charge in [0.2, 0.25) is 0 Å². The molecule has 98 valence electrons. The van der Waals surface area contributed by atoms with Gasteiger partial charge in [0.25, 0.3) is 0 Å². The zero-order valence-electron chi connectivity index (χ0n) is 9.59. The minimum atomic E-state index is -4.22. The molecule has 1 heterocycles. The monoisotopic (exact) mass is 267 g/mol. The molecule has 0 aliphatic rings. The number of thiophene rings is 1. The van der Waals surface area contributed by atoms with Crippen molar-refractivity contribution in [1.82, 2.24) is 5.32 Å². The molecule has 0 spiro atoms. The predicted octanol–water partition coefficient (Wildman–Crippen LogP) is 3.37. The summed E-state index contributed by atoms with van der Waals surface area (Å²) in [5, 5.41) is 5.23. The first-order valence-electron chi connectivity index (χ1n) is 5.40. The van der Waals surface area contributed by atoms with E-state index in [9.17, 15) is 13.2 Å². The molecule has 0 saturated carbocycles. The Labute approximate surface area is 103 Å². The molecule has 0 amide bonds. The molecule has 1 aromatic rings. The molecule has 1 N–H and O–H groups in total. The van der Waals surface area contributed by atoms with Crippen LogP contribution in [0, 0.1) is 0 Å². The number of ether oxygens (including phenoxy) is 1. The first-order valence-corrected chi connectivity index (χ1v) is 6.28. The van der Waals surface area contributed by atoms with E-state index in [-0.39, 0.29) is 12.6 Å². The van der Waals surface area contributed by atoms with Gasteiger partial charge in [0.1, 0.15) is 6.61 Å². The second-order valence-corrected chi connectivity index (χ2v) is 4.69. The summed E-state index contributed by atoms with van der Waals surface area (Å²) in [6, 6.07) is 4.24. The smallest absolute Gasteiger partial charge is 0.372 e. The topological polar surface area (TPSA) is 21.3 Å².